The van der Waals surface area contributed by atoms with Gasteiger partial charge in [0.1, 0.15) is 35.4 Å². The van der Waals surface area contributed by atoms with Crippen LogP contribution >= 0.6 is 11.6 Å². The highest BCUT2D eigenvalue weighted by Crippen LogP contribution is 2.35. The fourth-order valence-electron chi connectivity index (χ4n) is 2.74. The van der Waals surface area contributed by atoms with Gasteiger partial charge in [-0.1, -0.05) is 17.7 Å². The molecular weight excluding hydrogens is 371 g/mol. The van der Waals surface area contributed by atoms with Crippen LogP contribution < -0.4 is 9.47 Å². The highest BCUT2D eigenvalue weighted by Gasteiger charge is 2.28. The van der Waals surface area contributed by atoms with Gasteiger partial charge in [0.2, 0.25) is 5.78 Å². The maximum atomic E-state index is 13.8. The maximum absolute atomic E-state index is 13.8. The molecule has 27 heavy (non-hydrogen) atoms. The Kier molecular flexibility index (Phi) is 4.46. The smallest absolute Gasteiger partial charge is 0.232 e. The van der Waals surface area contributed by atoms with E-state index in [2.05, 4.69) is 0 Å². The van der Waals surface area contributed by atoms with Crippen molar-refractivity contribution in [2.45, 2.75) is 13.5 Å². The second-order valence-corrected chi connectivity index (χ2v) is 6.44. The molecule has 1 aliphatic rings. The lowest BCUT2D eigenvalue weighted by Gasteiger charge is -2.09. The molecule has 0 saturated heterocycles. The number of Topliss-reactive ketones (excluding diaryl/α,β-unsaturated/α-hetero) is 1. The fourth-order valence-corrected chi connectivity index (χ4v) is 2.96. The quantitative estimate of drug-likeness (QED) is 0.551. The van der Waals surface area contributed by atoms with Crippen molar-refractivity contribution in [3.05, 3.63) is 87.8 Å². The summed E-state index contributed by atoms with van der Waals surface area (Å²) in [5, 5.41) is 0.293. The molecule has 0 N–H and O–H groups in total. The average molecular weight is 385 g/mol. The zero-order chi connectivity index (χ0) is 19.0. The first-order valence-electron chi connectivity index (χ1n) is 8.22. The first-order chi connectivity index (χ1) is 13.0. The van der Waals surface area contributed by atoms with E-state index in [0.29, 0.717) is 27.8 Å². The van der Waals surface area contributed by atoms with E-state index in [4.69, 9.17) is 25.5 Å². The highest BCUT2D eigenvalue weighted by atomic mass is 35.5. The summed E-state index contributed by atoms with van der Waals surface area (Å²) in [5.74, 6) is 1.61. The Morgan fingerprint density at radius 3 is 2.78 bits per heavy atom. The summed E-state index contributed by atoms with van der Waals surface area (Å²) in [7, 11) is 0. The van der Waals surface area contributed by atoms with E-state index in [1.54, 1.807) is 42.5 Å². The van der Waals surface area contributed by atoms with E-state index >= 15 is 0 Å². The molecule has 0 aliphatic carbocycles. The van der Waals surface area contributed by atoms with Crippen LogP contribution in [0.5, 0.6) is 11.5 Å². The Balaban J connectivity index is 1.53. The number of halogens is 2. The third-order valence-electron chi connectivity index (χ3n) is 4.12. The standard InChI is InChI=1S/C21H14ClFO4/c1-12-5-6-14(26-12)10-20-21(24)15-8-7-13(9-19(15)27-20)25-11-16-17(22)3-2-4-18(16)23/h2-10H,11H2,1H3. The first-order valence-corrected chi connectivity index (χ1v) is 8.59. The number of carbonyl (C=O) groups is 1. The van der Waals surface area contributed by atoms with Gasteiger partial charge in [-0.15, -0.1) is 0 Å². The molecule has 0 radical (unpaired) electrons. The molecule has 4 rings (SSSR count). The molecule has 4 nitrogen and oxygen atoms in total. The van der Waals surface area contributed by atoms with E-state index in [9.17, 15) is 9.18 Å². The highest BCUT2D eigenvalue weighted by molar-refractivity contribution is 6.31. The summed E-state index contributed by atoms with van der Waals surface area (Å²) < 4.78 is 30.5. The molecule has 136 valence electrons. The lowest BCUT2D eigenvalue weighted by atomic mass is 10.1. The number of rotatable bonds is 4. The summed E-state index contributed by atoms with van der Waals surface area (Å²) in [6.45, 7) is 1.78. The molecule has 6 heteroatoms. The molecule has 0 bridgehead atoms. The Bertz CT molecular complexity index is 1050. The SMILES string of the molecule is Cc1ccc(C=C2Oc3cc(OCc4c(F)cccc4Cl)ccc3C2=O)o1. The zero-order valence-electron chi connectivity index (χ0n) is 14.3. The minimum atomic E-state index is -0.436. The number of ketones is 1. The summed E-state index contributed by atoms with van der Waals surface area (Å²) >= 11 is 6.00. The van der Waals surface area contributed by atoms with Crippen LogP contribution in [0.2, 0.25) is 5.02 Å². The summed E-state index contributed by atoms with van der Waals surface area (Å²) in [6.07, 6.45) is 1.55. The number of carbonyl (C=O) groups excluding carboxylic acids is 1. The zero-order valence-corrected chi connectivity index (χ0v) is 15.0. The maximum Gasteiger partial charge on any atom is 0.232 e. The van der Waals surface area contributed by atoms with E-state index in [-0.39, 0.29) is 23.7 Å². The first kappa shape index (κ1) is 17.4. The molecule has 1 aromatic heterocycles. The van der Waals surface area contributed by atoms with E-state index in [1.807, 2.05) is 6.92 Å². The van der Waals surface area contributed by atoms with Crippen LogP contribution in [0.1, 0.15) is 27.4 Å². The fraction of sp³-hybridized carbons (Fsp3) is 0.0952. The van der Waals surface area contributed by atoms with Crippen LogP contribution in [0.25, 0.3) is 6.08 Å². The number of furan rings is 1. The number of allylic oxidation sites excluding steroid dienone is 1. The minimum Gasteiger partial charge on any atom is -0.489 e. The topological polar surface area (TPSA) is 48.7 Å². The number of aryl methyl sites for hydroxylation is 1. The van der Waals surface area contributed by atoms with Crippen LogP contribution in [0, 0.1) is 12.7 Å². The molecule has 0 fully saturated rings. The van der Waals surface area contributed by atoms with Crippen molar-refractivity contribution >= 4 is 23.5 Å². The Labute approximate surface area is 159 Å². The van der Waals surface area contributed by atoms with Crippen LogP contribution in [0.3, 0.4) is 0 Å². The van der Waals surface area contributed by atoms with Gasteiger partial charge in [0.25, 0.3) is 0 Å². The second kappa shape index (κ2) is 6.93. The minimum absolute atomic E-state index is 0.0351. The van der Waals surface area contributed by atoms with Crippen LogP contribution in [-0.4, -0.2) is 5.78 Å². The monoisotopic (exact) mass is 384 g/mol. The number of benzene rings is 2. The molecule has 0 saturated carbocycles. The third kappa shape index (κ3) is 3.46. The van der Waals surface area contributed by atoms with Crippen LogP contribution in [0.15, 0.2) is 58.7 Å². The van der Waals surface area contributed by atoms with Gasteiger partial charge in [0.15, 0.2) is 5.76 Å². The molecule has 2 heterocycles. The van der Waals surface area contributed by atoms with E-state index in [0.717, 1.165) is 5.76 Å². The number of ether oxygens (including phenoxy) is 2. The lowest BCUT2D eigenvalue weighted by Crippen LogP contribution is -1.99. The van der Waals surface area contributed by atoms with Crippen molar-refractivity contribution in [1.82, 2.24) is 0 Å². The molecule has 0 atom stereocenters. The van der Waals surface area contributed by atoms with Crippen molar-refractivity contribution in [2.75, 3.05) is 0 Å². The Hall–Kier alpha value is -3.05. The Morgan fingerprint density at radius 2 is 2.04 bits per heavy atom. The predicted molar refractivity (Wildman–Crippen MR) is 98.6 cm³/mol. The van der Waals surface area contributed by atoms with Gasteiger partial charge in [-0.2, -0.15) is 0 Å². The molecule has 0 spiro atoms. The molecule has 0 unspecified atom stereocenters. The van der Waals surface area contributed by atoms with Crippen molar-refractivity contribution in [1.29, 1.82) is 0 Å². The van der Waals surface area contributed by atoms with Gasteiger partial charge in [0.05, 0.1) is 10.6 Å². The van der Waals surface area contributed by atoms with Crippen molar-refractivity contribution < 1.29 is 23.1 Å². The number of fused-ring (bicyclic) bond motifs is 1. The summed E-state index contributed by atoms with van der Waals surface area (Å²) in [5.41, 5.74) is 0.700. The van der Waals surface area contributed by atoms with Gasteiger partial charge in [-0.05, 0) is 43.3 Å². The van der Waals surface area contributed by atoms with E-state index in [1.165, 1.54) is 12.1 Å². The average Bonchev–Trinajstić information content (AvgIpc) is 3.18. The van der Waals surface area contributed by atoms with Crippen molar-refractivity contribution in [3.8, 4) is 11.5 Å². The van der Waals surface area contributed by atoms with Gasteiger partial charge < -0.3 is 13.9 Å². The van der Waals surface area contributed by atoms with Gasteiger partial charge in [-0.3, -0.25) is 4.79 Å². The summed E-state index contributed by atoms with van der Waals surface area (Å²) in [4.78, 5) is 12.4. The molecule has 2 aromatic carbocycles. The third-order valence-corrected chi connectivity index (χ3v) is 4.47. The largest absolute Gasteiger partial charge is 0.489 e. The van der Waals surface area contributed by atoms with Crippen LogP contribution in [-0.2, 0) is 6.61 Å². The normalized spacial score (nSPS) is 14.3. The molecule has 1 aliphatic heterocycles. The molecule has 3 aromatic rings. The number of hydrogen-bond acceptors (Lipinski definition) is 4. The van der Waals surface area contributed by atoms with Crippen LogP contribution in [0.4, 0.5) is 4.39 Å². The molecular formula is C21H14ClFO4. The van der Waals surface area contributed by atoms with Gasteiger partial charge in [-0.25, -0.2) is 4.39 Å². The van der Waals surface area contributed by atoms with Gasteiger partial charge in [0, 0.05) is 17.7 Å². The van der Waals surface area contributed by atoms with E-state index < -0.39 is 5.82 Å². The predicted octanol–water partition coefficient (Wildman–Crippen LogP) is 5.58. The van der Waals surface area contributed by atoms with Crippen molar-refractivity contribution in [2.24, 2.45) is 0 Å². The van der Waals surface area contributed by atoms with Crippen molar-refractivity contribution in [3.63, 3.8) is 0 Å². The number of hydrogen-bond donors (Lipinski definition) is 0. The second-order valence-electron chi connectivity index (χ2n) is 6.04. The van der Waals surface area contributed by atoms with Gasteiger partial charge >= 0.3 is 0 Å². The Morgan fingerprint density at radius 1 is 1.19 bits per heavy atom. The molecule has 0 amide bonds. The summed E-state index contributed by atoms with van der Waals surface area (Å²) in [6, 6.07) is 12.9. The lowest BCUT2D eigenvalue weighted by molar-refractivity contribution is 0.101.